The monoisotopic (exact) mass is 214 g/mol. The van der Waals surface area contributed by atoms with Gasteiger partial charge in [-0.3, -0.25) is 9.89 Å². The molecule has 0 saturated carbocycles. The molecule has 0 aliphatic carbocycles. The van der Waals surface area contributed by atoms with Crippen LogP contribution in [-0.2, 0) is 0 Å². The molecule has 5 nitrogen and oxygen atoms in total. The number of thioether (sulfide) groups is 1. The van der Waals surface area contributed by atoms with Crippen molar-refractivity contribution in [3.05, 3.63) is 11.9 Å². The normalized spacial score (nSPS) is 12.4. The summed E-state index contributed by atoms with van der Waals surface area (Å²) in [4.78, 5) is 11.5. The summed E-state index contributed by atoms with van der Waals surface area (Å²) in [5.41, 5.74) is 6.23. The molecule has 0 aromatic carbocycles. The van der Waals surface area contributed by atoms with E-state index in [1.165, 1.54) is 6.20 Å². The number of nitrogens with one attached hydrogen (secondary N) is 2. The first-order chi connectivity index (χ1) is 6.65. The fourth-order valence-corrected chi connectivity index (χ4v) is 1.14. The van der Waals surface area contributed by atoms with E-state index in [2.05, 4.69) is 15.5 Å². The molecule has 14 heavy (non-hydrogen) atoms. The van der Waals surface area contributed by atoms with E-state index in [9.17, 15) is 4.79 Å². The Labute approximate surface area is 86.8 Å². The molecule has 4 N–H and O–H groups in total. The van der Waals surface area contributed by atoms with Gasteiger partial charge in [-0.15, -0.1) is 0 Å². The predicted octanol–water partition coefficient (Wildman–Crippen LogP) is 0.473. The number of amides is 1. The quantitative estimate of drug-likeness (QED) is 0.680. The number of nitrogen functional groups attached to an aromatic ring is 1. The molecular weight excluding hydrogens is 200 g/mol. The number of anilines is 1. The Morgan fingerprint density at radius 2 is 2.57 bits per heavy atom. The average Bonchev–Trinajstić information content (AvgIpc) is 2.60. The molecule has 78 valence electrons. The molecular formula is C8H14N4OS. The van der Waals surface area contributed by atoms with Crippen molar-refractivity contribution >= 4 is 23.4 Å². The molecule has 1 aromatic rings. The molecule has 0 fully saturated rings. The van der Waals surface area contributed by atoms with Gasteiger partial charge in [-0.25, -0.2) is 0 Å². The number of hydrogen-bond donors (Lipinski definition) is 3. The van der Waals surface area contributed by atoms with Gasteiger partial charge in [-0.2, -0.15) is 16.9 Å². The highest BCUT2D eigenvalue weighted by Gasteiger charge is 2.11. The van der Waals surface area contributed by atoms with Gasteiger partial charge in [-0.1, -0.05) is 6.92 Å². The second-order valence-corrected chi connectivity index (χ2v) is 4.23. The summed E-state index contributed by atoms with van der Waals surface area (Å²) in [7, 11) is 0. The lowest BCUT2D eigenvalue weighted by Crippen LogP contribution is -2.30. The highest BCUT2D eigenvalue weighted by Crippen LogP contribution is 2.06. The molecule has 1 atom stereocenters. The zero-order valence-corrected chi connectivity index (χ0v) is 9.02. The lowest BCUT2D eigenvalue weighted by molar-refractivity contribution is 0.0950. The maximum absolute atomic E-state index is 11.5. The van der Waals surface area contributed by atoms with Crippen LogP contribution in [-0.4, -0.2) is 34.2 Å². The molecule has 1 unspecified atom stereocenters. The molecule has 0 radical (unpaired) electrons. The van der Waals surface area contributed by atoms with E-state index in [4.69, 9.17) is 5.73 Å². The largest absolute Gasteiger partial charge is 0.396 e. The molecule has 0 aliphatic rings. The van der Waals surface area contributed by atoms with Gasteiger partial charge < -0.3 is 11.1 Å². The van der Waals surface area contributed by atoms with E-state index < -0.39 is 0 Å². The minimum atomic E-state index is -0.207. The summed E-state index contributed by atoms with van der Waals surface area (Å²) in [5, 5.41) is 9.38. The number of hydrogen-bond acceptors (Lipinski definition) is 4. The van der Waals surface area contributed by atoms with Crippen molar-refractivity contribution < 1.29 is 4.79 Å². The number of rotatable bonds is 4. The standard InChI is InChI=1S/C8H14N4OS/c1-5(14-2)3-10-8(13)7-6(9)4-11-12-7/h4-5H,3,9H2,1-2H3,(H,10,13)(H,11,12). The van der Waals surface area contributed by atoms with Crippen molar-refractivity contribution in [3.8, 4) is 0 Å². The van der Waals surface area contributed by atoms with Gasteiger partial charge in [0.25, 0.3) is 5.91 Å². The summed E-state index contributed by atoms with van der Waals surface area (Å²) in [5.74, 6) is -0.207. The molecule has 6 heteroatoms. The fraction of sp³-hybridized carbons (Fsp3) is 0.500. The Morgan fingerprint density at radius 3 is 3.07 bits per heavy atom. The number of aromatic amines is 1. The SMILES string of the molecule is CSC(C)CNC(=O)c1[nH]ncc1N. The van der Waals surface area contributed by atoms with E-state index in [1.807, 2.05) is 13.2 Å². The van der Waals surface area contributed by atoms with Crippen LogP contribution in [0.1, 0.15) is 17.4 Å². The van der Waals surface area contributed by atoms with Gasteiger partial charge in [0.1, 0.15) is 5.69 Å². The topological polar surface area (TPSA) is 83.8 Å². The third-order valence-electron chi connectivity index (χ3n) is 1.85. The molecule has 0 spiro atoms. The first-order valence-electron chi connectivity index (χ1n) is 4.25. The van der Waals surface area contributed by atoms with E-state index in [1.54, 1.807) is 11.8 Å². The first kappa shape index (κ1) is 10.9. The van der Waals surface area contributed by atoms with Crippen LogP contribution in [0.2, 0.25) is 0 Å². The summed E-state index contributed by atoms with van der Waals surface area (Å²) in [6, 6.07) is 0. The first-order valence-corrected chi connectivity index (χ1v) is 5.53. The number of carbonyl (C=O) groups excluding carboxylic acids is 1. The smallest absolute Gasteiger partial charge is 0.271 e. The van der Waals surface area contributed by atoms with E-state index in [-0.39, 0.29) is 5.91 Å². The number of carbonyl (C=O) groups is 1. The number of H-pyrrole nitrogens is 1. The zero-order valence-electron chi connectivity index (χ0n) is 8.20. The number of nitrogens with two attached hydrogens (primary N) is 1. The highest BCUT2D eigenvalue weighted by atomic mass is 32.2. The van der Waals surface area contributed by atoms with E-state index in [0.717, 1.165) is 0 Å². The molecule has 1 aromatic heterocycles. The van der Waals surface area contributed by atoms with Crippen LogP contribution >= 0.6 is 11.8 Å². The van der Waals surface area contributed by atoms with Gasteiger partial charge in [-0.05, 0) is 6.26 Å². The Hall–Kier alpha value is -1.17. The fourth-order valence-electron chi connectivity index (χ4n) is 0.885. The lowest BCUT2D eigenvalue weighted by Gasteiger charge is -2.08. The van der Waals surface area contributed by atoms with Crippen molar-refractivity contribution in [2.45, 2.75) is 12.2 Å². The second-order valence-electron chi connectivity index (χ2n) is 2.96. The van der Waals surface area contributed by atoms with Crippen molar-refractivity contribution in [1.82, 2.24) is 15.5 Å². The summed E-state index contributed by atoms with van der Waals surface area (Å²) < 4.78 is 0. The molecule has 1 rings (SSSR count). The Kier molecular flexibility index (Phi) is 3.82. The van der Waals surface area contributed by atoms with Gasteiger partial charge >= 0.3 is 0 Å². The molecule has 1 heterocycles. The Morgan fingerprint density at radius 1 is 1.86 bits per heavy atom. The van der Waals surface area contributed by atoms with Gasteiger partial charge in [0.15, 0.2) is 0 Å². The van der Waals surface area contributed by atoms with E-state index >= 15 is 0 Å². The van der Waals surface area contributed by atoms with Gasteiger partial charge in [0.05, 0.1) is 11.9 Å². The summed E-state index contributed by atoms with van der Waals surface area (Å²) >= 11 is 1.70. The average molecular weight is 214 g/mol. The van der Waals surface area contributed by atoms with Crippen LogP contribution in [0.15, 0.2) is 6.20 Å². The van der Waals surface area contributed by atoms with Crippen molar-refractivity contribution in [2.75, 3.05) is 18.5 Å². The van der Waals surface area contributed by atoms with Crippen LogP contribution in [0, 0.1) is 0 Å². The van der Waals surface area contributed by atoms with Crippen LogP contribution < -0.4 is 11.1 Å². The third-order valence-corrected chi connectivity index (χ3v) is 2.82. The number of nitrogens with zero attached hydrogens (tertiary/aromatic N) is 1. The molecule has 1 amide bonds. The minimum Gasteiger partial charge on any atom is -0.396 e. The minimum absolute atomic E-state index is 0.207. The van der Waals surface area contributed by atoms with Crippen molar-refractivity contribution in [2.24, 2.45) is 0 Å². The van der Waals surface area contributed by atoms with Crippen LogP contribution in [0.5, 0.6) is 0 Å². The second kappa shape index (κ2) is 4.90. The highest BCUT2D eigenvalue weighted by molar-refractivity contribution is 7.99. The van der Waals surface area contributed by atoms with Crippen LogP contribution in [0.25, 0.3) is 0 Å². The zero-order chi connectivity index (χ0) is 10.6. The summed E-state index contributed by atoms with van der Waals surface area (Å²) in [6.07, 6.45) is 3.42. The van der Waals surface area contributed by atoms with Gasteiger partial charge in [0.2, 0.25) is 0 Å². The molecule has 0 aliphatic heterocycles. The van der Waals surface area contributed by atoms with Crippen molar-refractivity contribution in [1.29, 1.82) is 0 Å². The third kappa shape index (κ3) is 2.66. The van der Waals surface area contributed by atoms with Crippen molar-refractivity contribution in [3.63, 3.8) is 0 Å². The van der Waals surface area contributed by atoms with Crippen LogP contribution in [0.3, 0.4) is 0 Å². The predicted molar refractivity (Wildman–Crippen MR) is 58.3 cm³/mol. The lowest BCUT2D eigenvalue weighted by atomic mass is 10.3. The van der Waals surface area contributed by atoms with Gasteiger partial charge in [0, 0.05) is 11.8 Å². The Balaban J connectivity index is 2.47. The van der Waals surface area contributed by atoms with Crippen LogP contribution in [0.4, 0.5) is 5.69 Å². The molecule has 0 saturated heterocycles. The summed E-state index contributed by atoms with van der Waals surface area (Å²) in [6.45, 7) is 2.67. The molecule has 0 bridgehead atoms. The number of aromatic nitrogens is 2. The maximum Gasteiger partial charge on any atom is 0.271 e. The maximum atomic E-state index is 11.5. The Bertz CT molecular complexity index is 312. The van der Waals surface area contributed by atoms with E-state index in [0.29, 0.717) is 23.2 Å².